The third-order valence-electron chi connectivity index (χ3n) is 3.72. The predicted octanol–water partition coefficient (Wildman–Crippen LogP) is 1.81. The van der Waals surface area contributed by atoms with Crippen LogP contribution in [-0.2, 0) is 10.0 Å². The molecule has 0 aromatic carbocycles. The van der Waals surface area contributed by atoms with E-state index in [-0.39, 0.29) is 16.3 Å². The number of sulfonamides is 1. The third-order valence-corrected chi connectivity index (χ3v) is 6.17. The SMILES string of the molecule is O=C(O)c1cc(S(=O)(=O)NCC2(O)CCCCCC2)cs1. The molecule has 118 valence electrons. The number of rotatable bonds is 5. The third kappa shape index (κ3) is 4.26. The summed E-state index contributed by atoms with van der Waals surface area (Å²) < 4.78 is 26.7. The first-order valence-electron chi connectivity index (χ1n) is 6.86. The molecule has 1 aromatic rings. The summed E-state index contributed by atoms with van der Waals surface area (Å²) in [6.07, 6.45) is 5.06. The van der Waals surface area contributed by atoms with Gasteiger partial charge >= 0.3 is 5.97 Å². The number of hydrogen-bond donors (Lipinski definition) is 3. The second kappa shape index (κ2) is 6.43. The zero-order valence-electron chi connectivity index (χ0n) is 11.5. The number of carboxylic acid groups (broad SMARTS) is 1. The molecule has 21 heavy (non-hydrogen) atoms. The van der Waals surface area contributed by atoms with Crippen molar-refractivity contribution in [3.8, 4) is 0 Å². The summed E-state index contributed by atoms with van der Waals surface area (Å²) in [6, 6.07) is 1.13. The lowest BCUT2D eigenvalue weighted by Crippen LogP contribution is -2.42. The van der Waals surface area contributed by atoms with Gasteiger partial charge in [0.25, 0.3) is 0 Å². The first kappa shape index (κ1) is 16.4. The van der Waals surface area contributed by atoms with Gasteiger partial charge in [0.15, 0.2) is 0 Å². The van der Waals surface area contributed by atoms with E-state index in [0.717, 1.165) is 43.1 Å². The Balaban J connectivity index is 2.04. The highest BCUT2D eigenvalue weighted by Crippen LogP contribution is 2.27. The van der Waals surface area contributed by atoms with Crippen molar-refractivity contribution in [3.63, 3.8) is 0 Å². The fraction of sp³-hybridized carbons (Fsp3) is 0.615. The van der Waals surface area contributed by atoms with E-state index in [0.29, 0.717) is 12.8 Å². The fourth-order valence-corrected chi connectivity index (χ4v) is 4.68. The number of nitrogens with one attached hydrogen (secondary N) is 1. The molecule has 1 aliphatic carbocycles. The molecule has 0 atom stereocenters. The van der Waals surface area contributed by atoms with Gasteiger partial charge in [0.2, 0.25) is 10.0 Å². The Morgan fingerprint density at radius 1 is 1.29 bits per heavy atom. The van der Waals surface area contributed by atoms with Gasteiger partial charge in [-0.2, -0.15) is 0 Å². The van der Waals surface area contributed by atoms with Gasteiger partial charge in [-0.15, -0.1) is 11.3 Å². The molecule has 0 bridgehead atoms. The van der Waals surface area contributed by atoms with Crippen LogP contribution in [-0.4, -0.2) is 36.7 Å². The lowest BCUT2D eigenvalue weighted by molar-refractivity contribution is 0.0303. The topological polar surface area (TPSA) is 104 Å². The molecule has 1 heterocycles. The van der Waals surface area contributed by atoms with Crippen LogP contribution in [0.2, 0.25) is 0 Å². The predicted molar refractivity (Wildman–Crippen MR) is 79.1 cm³/mol. The maximum Gasteiger partial charge on any atom is 0.345 e. The lowest BCUT2D eigenvalue weighted by atomic mass is 9.95. The summed E-state index contributed by atoms with van der Waals surface area (Å²) in [5.41, 5.74) is -1.00. The molecule has 1 fully saturated rings. The van der Waals surface area contributed by atoms with Crippen LogP contribution in [0.3, 0.4) is 0 Å². The van der Waals surface area contributed by atoms with E-state index in [1.54, 1.807) is 0 Å². The Kier molecular flexibility index (Phi) is 5.03. The van der Waals surface area contributed by atoms with Crippen LogP contribution in [0.15, 0.2) is 16.3 Å². The van der Waals surface area contributed by atoms with E-state index in [9.17, 15) is 18.3 Å². The molecule has 0 aliphatic heterocycles. The summed E-state index contributed by atoms with van der Waals surface area (Å²) in [5, 5.41) is 20.6. The smallest absolute Gasteiger partial charge is 0.345 e. The Bertz CT molecular complexity index is 600. The monoisotopic (exact) mass is 333 g/mol. The standard InChI is InChI=1S/C13H19NO5S2/c15-12(16)11-7-10(8-20-11)21(18,19)14-9-13(17)5-3-1-2-4-6-13/h7-8,14,17H,1-6,9H2,(H,15,16). The summed E-state index contributed by atoms with van der Waals surface area (Å²) >= 11 is 0.867. The second-order valence-corrected chi connectivity index (χ2v) is 8.09. The van der Waals surface area contributed by atoms with Crippen molar-refractivity contribution in [2.45, 2.75) is 49.0 Å². The normalized spacial score (nSPS) is 19.1. The minimum Gasteiger partial charge on any atom is -0.477 e. The Labute approximate surface area is 127 Å². The van der Waals surface area contributed by atoms with Crippen LogP contribution in [0.4, 0.5) is 0 Å². The highest BCUT2D eigenvalue weighted by Gasteiger charge is 2.30. The molecule has 2 rings (SSSR count). The van der Waals surface area contributed by atoms with E-state index in [1.807, 2.05) is 0 Å². The Morgan fingerprint density at radius 2 is 1.90 bits per heavy atom. The van der Waals surface area contributed by atoms with Gasteiger partial charge in [-0.3, -0.25) is 0 Å². The maximum absolute atomic E-state index is 12.1. The molecule has 8 heteroatoms. The van der Waals surface area contributed by atoms with Gasteiger partial charge in [-0.1, -0.05) is 25.7 Å². The molecule has 1 saturated carbocycles. The van der Waals surface area contributed by atoms with Crippen molar-refractivity contribution in [1.29, 1.82) is 0 Å². The summed E-state index contributed by atoms with van der Waals surface area (Å²) in [7, 11) is -3.79. The van der Waals surface area contributed by atoms with E-state index < -0.39 is 21.6 Å². The molecule has 0 spiro atoms. The van der Waals surface area contributed by atoms with Crippen molar-refractivity contribution >= 4 is 27.3 Å². The van der Waals surface area contributed by atoms with Crippen LogP contribution in [0, 0.1) is 0 Å². The second-order valence-electron chi connectivity index (χ2n) is 5.41. The van der Waals surface area contributed by atoms with Gasteiger partial charge in [0.05, 0.1) is 10.5 Å². The minimum absolute atomic E-state index is 0.0245. The van der Waals surface area contributed by atoms with Crippen LogP contribution in [0.1, 0.15) is 48.2 Å². The number of carboxylic acids is 1. The molecule has 1 aliphatic rings. The molecule has 3 N–H and O–H groups in total. The van der Waals surface area contributed by atoms with Gasteiger partial charge in [0.1, 0.15) is 4.88 Å². The number of aliphatic hydroxyl groups is 1. The van der Waals surface area contributed by atoms with Crippen LogP contribution in [0.25, 0.3) is 0 Å². The largest absolute Gasteiger partial charge is 0.477 e. The molecule has 0 radical (unpaired) electrons. The number of carbonyl (C=O) groups is 1. The molecule has 0 amide bonds. The van der Waals surface area contributed by atoms with E-state index in [2.05, 4.69) is 4.72 Å². The molecular weight excluding hydrogens is 314 g/mol. The number of hydrogen-bond acceptors (Lipinski definition) is 5. The Hall–Kier alpha value is -0.960. The molecule has 0 saturated heterocycles. The first-order valence-corrected chi connectivity index (χ1v) is 9.23. The first-order chi connectivity index (χ1) is 9.82. The molecule has 1 aromatic heterocycles. The van der Waals surface area contributed by atoms with Gasteiger partial charge in [0, 0.05) is 11.9 Å². The van der Waals surface area contributed by atoms with Crippen LogP contribution in [0.5, 0.6) is 0 Å². The van der Waals surface area contributed by atoms with Crippen molar-refractivity contribution in [1.82, 2.24) is 4.72 Å². The van der Waals surface area contributed by atoms with Gasteiger partial charge in [-0.25, -0.2) is 17.9 Å². The molecular formula is C13H19NO5S2. The van der Waals surface area contributed by atoms with Crippen LogP contribution >= 0.6 is 11.3 Å². The van der Waals surface area contributed by atoms with E-state index >= 15 is 0 Å². The van der Waals surface area contributed by atoms with Crippen molar-refractivity contribution in [3.05, 3.63) is 16.3 Å². The zero-order valence-corrected chi connectivity index (χ0v) is 13.2. The van der Waals surface area contributed by atoms with Crippen LogP contribution < -0.4 is 4.72 Å². The highest BCUT2D eigenvalue weighted by molar-refractivity contribution is 7.89. The number of thiophene rings is 1. The summed E-state index contributed by atoms with van der Waals surface area (Å²) in [4.78, 5) is 10.7. The lowest BCUT2D eigenvalue weighted by Gasteiger charge is -2.26. The Morgan fingerprint density at radius 3 is 2.43 bits per heavy atom. The average molecular weight is 333 g/mol. The van der Waals surface area contributed by atoms with Crippen molar-refractivity contribution in [2.24, 2.45) is 0 Å². The van der Waals surface area contributed by atoms with Crippen molar-refractivity contribution < 1.29 is 23.4 Å². The maximum atomic E-state index is 12.1. The molecule has 6 nitrogen and oxygen atoms in total. The fourth-order valence-electron chi connectivity index (χ4n) is 2.45. The van der Waals surface area contributed by atoms with Crippen molar-refractivity contribution in [2.75, 3.05) is 6.54 Å². The number of aromatic carboxylic acids is 1. The summed E-state index contributed by atoms with van der Waals surface area (Å²) in [6.45, 7) is -0.0341. The minimum atomic E-state index is -3.79. The van der Waals surface area contributed by atoms with Gasteiger partial charge < -0.3 is 10.2 Å². The highest BCUT2D eigenvalue weighted by atomic mass is 32.2. The van der Waals surface area contributed by atoms with Gasteiger partial charge in [-0.05, 0) is 18.9 Å². The zero-order chi connectivity index (χ0) is 15.5. The molecule has 0 unspecified atom stereocenters. The van der Waals surface area contributed by atoms with E-state index in [1.165, 1.54) is 5.38 Å². The van der Waals surface area contributed by atoms with E-state index in [4.69, 9.17) is 5.11 Å². The average Bonchev–Trinajstić information content (AvgIpc) is 2.83. The summed E-state index contributed by atoms with van der Waals surface area (Å²) in [5.74, 6) is -1.15. The quantitative estimate of drug-likeness (QED) is 0.713.